The molecule has 0 aliphatic rings. The summed E-state index contributed by atoms with van der Waals surface area (Å²) in [5.74, 6) is 1.16. The first-order valence-electron chi connectivity index (χ1n) is 8.11. The molecule has 0 N–H and O–H groups in total. The lowest BCUT2D eigenvalue weighted by Crippen LogP contribution is -1.93. The highest BCUT2D eigenvalue weighted by Crippen LogP contribution is 2.28. The monoisotopic (exact) mass is 377 g/mol. The number of nitrogens with zero attached hydrogens (tertiary/aromatic N) is 5. The van der Waals surface area contributed by atoms with E-state index in [9.17, 15) is 10.1 Å². The molecule has 0 unspecified atom stereocenters. The van der Waals surface area contributed by atoms with Crippen molar-refractivity contribution in [1.82, 2.24) is 19.8 Å². The SMILES string of the molecule is O=[N+]([O-])c1ccc(Cc2nn3c(-c4cc5ccccc5o4)nnc3s2)cc1. The molecular formula is C18H11N5O3S. The van der Waals surface area contributed by atoms with Crippen molar-refractivity contribution in [3.05, 3.63) is 75.3 Å². The van der Waals surface area contributed by atoms with Crippen LogP contribution in [0.5, 0.6) is 0 Å². The molecule has 2 aromatic carbocycles. The smallest absolute Gasteiger partial charge is 0.269 e. The third kappa shape index (κ3) is 2.74. The molecule has 0 aliphatic heterocycles. The number of rotatable bonds is 4. The van der Waals surface area contributed by atoms with E-state index < -0.39 is 4.92 Å². The summed E-state index contributed by atoms with van der Waals surface area (Å²) in [4.78, 5) is 11.0. The average Bonchev–Trinajstić information content (AvgIpc) is 3.35. The predicted octanol–water partition coefficient (Wildman–Crippen LogP) is 4.10. The van der Waals surface area contributed by atoms with Crippen LogP contribution in [0.3, 0.4) is 0 Å². The molecular weight excluding hydrogens is 366 g/mol. The van der Waals surface area contributed by atoms with Crippen molar-refractivity contribution in [2.75, 3.05) is 0 Å². The summed E-state index contributed by atoms with van der Waals surface area (Å²) < 4.78 is 7.53. The fourth-order valence-electron chi connectivity index (χ4n) is 2.88. The van der Waals surface area contributed by atoms with E-state index in [1.54, 1.807) is 16.6 Å². The van der Waals surface area contributed by atoms with Crippen molar-refractivity contribution < 1.29 is 9.34 Å². The highest BCUT2D eigenvalue weighted by atomic mass is 32.1. The van der Waals surface area contributed by atoms with Gasteiger partial charge in [0.15, 0.2) is 5.76 Å². The van der Waals surface area contributed by atoms with Gasteiger partial charge >= 0.3 is 0 Å². The lowest BCUT2D eigenvalue weighted by Gasteiger charge is -1.97. The van der Waals surface area contributed by atoms with Crippen LogP contribution in [0.1, 0.15) is 10.6 Å². The van der Waals surface area contributed by atoms with Gasteiger partial charge in [-0.05, 0) is 17.7 Å². The van der Waals surface area contributed by atoms with Gasteiger partial charge in [-0.25, -0.2) is 0 Å². The van der Waals surface area contributed by atoms with Gasteiger partial charge < -0.3 is 4.42 Å². The van der Waals surface area contributed by atoms with E-state index in [1.165, 1.54) is 23.5 Å². The summed E-state index contributed by atoms with van der Waals surface area (Å²) in [6, 6.07) is 16.1. The van der Waals surface area contributed by atoms with Crippen molar-refractivity contribution in [2.45, 2.75) is 6.42 Å². The first kappa shape index (κ1) is 15.6. The second kappa shape index (κ2) is 5.99. The highest BCUT2D eigenvalue weighted by molar-refractivity contribution is 7.16. The zero-order valence-corrected chi connectivity index (χ0v) is 14.6. The Balaban J connectivity index is 1.48. The summed E-state index contributed by atoms with van der Waals surface area (Å²) in [6.07, 6.45) is 0.561. The number of furan rings is 1. The lowest BCUT2D eigenvalue weighted by molar-refractivity contribution is -0.384. The van der Waals surface area contributed by atoms with Crippen LogP contribution in [0.25, 0.3) is 27.5 Å². The lowest BCUT2D eigenvalue weighted by atomic mass is 10.1. The Kier molecular flexibility index (Phi) is 3.47. The Bertz CT molecular complexity index is 1250. The minimum absolute atomic E-state index is 0.0732. The summed E-state index contributed by atoms with van der Waals surface area (Å²) >= 11 is 1.43. The van der Waals surface area contributed by atoms with Crippen LogP contribution in [0.2, 0.25) is 0 Å². The quantitative estimate of drug-likeness (QED) is 0.345. The molecule has 5 aromatic rings. The van der Waals surface area contributed by atoms with E-state index in [1.807, 2.05) is 30.3 Å². The van der Waals surface area contributed by atoms with E-state index in [0.717, 1.165) is 21.5 Å². The van der Waals surface area contributed by atoms with E-state index in [4.69, 9.17) is 4.42 Å². The number of benzene rings is 2. The number of non-ortho nitro benzene ring substituents is 1. The zero-order valence-electron chi connectivity index (χ0n) is 13.8. The summed E-state index contributed by atoms with van der Waals surface area (Å²) in [6.45, 7) is 0. The van der Waals surface area contributed by atoms with E-state index >= 15 is 0 Å². The second-order valence-electron chi connectivity index (χ2n) is 5.96. The van der Waals surface area contributed by atoms with Crippen LogP contribution in [0.4, 0.5) is 5.69 Å². The molecule has 132 valence electrons. The molecule has 5 rings (SSSR count). The van der Waals surface area contributed by atoms with Gasteiger partial charge in [-0.1, -0.05) is 41.7 Å². The Labute approximate surface area is 155 Å². The summed E-state index contributed by atoms with van der Waals surface area (Å²) in [5, 5.41) is 25.6. The van der Waals surface area contributed by atoms with Crippen molar-refractivity contribution >= 4 is 33.0 Å². The molecule has 0 bridgehead atoms. The third-order valence-corrected chi connectivity index (χ3v) is 5.08. The van der Waals surface area contributed by atoms with Gasteiger partial charge in [-0.2, -0.15) is 9.61 Å². The Morgan fingerprint density at radius 1 is 1.11 bits per heavy atom. The van der Waals surface area contributed by atoms with Crippen molar-refractivity contribution in [3.8, 4) is 11.6 Å². The van der Waals surface area contributed by atoms with Gasteiger partial charge in [0.25, 0.3) is 5.69 Å². The predicted molar refractivity (Wildman–Crippen MR) is 99.8 cm³/mol. The van der Waals surface area contributed by atoms with Gasteiger partial charge in [-0.15, -0.1) is 10.2 Å². The van der Waals surface area contributed by atoms with Gasteiger partial charge in [-0.3, -0.25) is 10.1 Å². The van der Waals surface area contributed by atoms with E-state index in [2.05, 4.69) is 15.3 Å². The first-order chi connectivity index (χ1) is 13.2. The number of nitro benzene ring substituents is 1. The minimum atomic E-state index is -0.410. The van der Waals surface area contributed by atoms with E-state index in [0.29, 0.717) is 23.0 Å². The molecule has 0 atom stereocenters. The number of fused-ring (bicyclic) bond motifs is 2. The highest BCUT2D eigenvalue weighted by Gasteiger charge is 2.17. The van der Waals surface area contributed by atoms with Crippen molar-refractivity contribution in [2.24, 2.45) is 0 Å². The normalized spacial score (nSPS) is 11.4. The molecule has 0 saturated carbocycles. The molecule has 0 aliphatic carbocycles. The maximum Gasteiger partial charge on any atom is 0.269 e. The fraction of sp³-hybridized carbons (Fsp3) is 0.0556. The van der Waals surface area contributed by atoms with Gasteiger partial charge in [0.05, 0.1) is 4.92 Å². The van der Waals surface area contributed by atoms with Crippen LogP contribution in [-0.4, -0.2) is 24.7 Å². The second-order valence-corrected chi connectivity index (χ2v) is 7.00. The molecule has 0 radical (unpaired) electrons. The van der Waals surface area contributed by atoms with Gasteiger partial charge in [0.1, 0.15) is 10.6 Å². The summed E-state index contributed by atoms with van der Waals surface area (Å²) in [7, 11) is 0. The summed E-state index contributed by atoms with van der Waals surface area (Å²) in [5.41, 5.74) is 1.80. The topological polar surface area (TPSA) is 99.4 Å². The molecule has 0 fully saturated rings. The van der Waals surface area contributed by atoms with E-state index in [-0.39, 0.29) is 5.69 Å². The van der Waals surface area contributed by atoms with Crippen molar-refractivity contribution in [3.63, 3.8) is 0 Å². The van der Waals surface area contributed by atoms with Crippen molar-refractivity contribution in [1.29, 1.82) is 0 Å². The molecule has 0 spiro atoms. The molecule has 27 heavy (non-hydrogen) atoms. The van der Waals surface area contributed by atoms with Gasteiger partial charge in [0, 0.05) is 23.9 Å². The van der Waals surface area contributed by atoms with Crippen LogP contribution in [-0.2, 0) is 6.42 Å². The minimum Gasteiger partial charge on any atom is -0.453 e. The zero-order chi connectivity index (χ0) is 18.4. The van der Waals surface area contributed by atoms with Crippen LogP contribution in [0.15, 0.2) is 59.0 Å². The fourth-order valence-corrected chi connectivity index (χ4v) is 3.75. The third-order valence-electron chi connectivity index (χ3n) is 4.18. The maximum absolute atomic E-state index is 10.8. The molecule has 3 aromatic heterocycles. The Hall–Kier alpha value is -3.59. The number of hydrogen-bond acceptors (Lipinski definition) is 7. The number of nitro groups is 1. The molecule has 8 nitrogen and oxygen atoms in total. The Morgan fingerprint density at radius 3 is 2.70 bits per heavy atom. The number of para-hydroxylation sites is 1. The maximum atomic E-state index is 10.8. The Morgan fingerprint density at radius 2 is 1.93 bits per heavy atom. The number of hydrogen-bond donors (Lipinski definition) is 0. The standard InChI is InChI=1S/C18H11N5O3S/c24-23(25)13-7-5-11(6-8-13)9-16-21-22-17(19-20-18(22)27-16)15-10-12-3-1-2-4-14(12)26-15/h1-8,10H,9H2. The van der Waals surface area contributed by atoms with Gasteiger partial charge in [0.2, 0.25) is 10.8 Å². The molecule has 0 amide bonds. The molecule has 3 heterocycles. The van der Waals surface area contributed by atoms with Crippen LogP contribution < -0.4 is 0 Å². The molecule has 0 saturated heterocycles. The molecule has 9 heteroatoms. The van der Waals surface area contributed by atoms with Crippen LogP contribution >= 0.6 is 11.3 Å². The average molecular weight is 377 g/mol. The largest absolute Gasteiger partial charge is 0.453 e. The van der Waals surface area contributed by atoms with Crippen LogP contribution in [0, 0.1) is 10.1 Å². The number of aromatic nitrogens is 4. The first-order valence-corrected chi connectivity index (χ1v) is 8.92.